The van der Waals surface area contributed by atoms with E-state index in [1.54, 1.807) is 34.9 Å². The Hall–Kier alpha value is -4.53. The van der Waals surface area contributed by atoms with Crippen molar-refractivity contribution in [2.24, 2.45) is 5.10 Å². The molecule has 0 spiro atoms. The minimum atomic E-state index is -0.431. The van der Waals surface area contributed by atoms with Crippen molar-refractivity contribution in [3.63, 3.8) is 0 Å². The molecular formula is C29H29N5O4. The Bertz CT molecular complexity index is 1550. The predicted octanol–water partition coefficient (Wildman–Crippen LogP) is 4.98. The monoisotopic (exact) mass is 511 g/mol. The lowest BCUT2D eigenvalue weighted by atomic mass is 9.98. The molecule has 194 valence electrons. The lowest BCUT2D eigenvalue weighted by Gasteiger charge is -2.38. The Balaban J connectivity index is 1.43. The molecule has 1 fully saturated rings. The van der Waals surface area contributed by atoms with Crippen LogP contribution in [0.5, 0.6) is 0 Å². The van der Waals surface area contributed by atoms with Gasteiger partial charge in [0.1, 0.15) is 6.54 Å². The first-order valence-electron chi connectivity index (χ1n) is 12.8. The fourth-order valence-corrected chi connectivity index (χ4v) is 5.36. The van der Waals surface area contributed by atoms with Gasteiger partial charge in [-0.1, -0.05) is 31.2 Å². The molecule has 9 heteroatoms. The molecule has 4 aromatic rings. The second-order valence-corrected chi connectivity index (χ2v) is 9.49. The first-order valence-corrected chi connectivity index (χ1v) is 12.8. The molecule has 1 saturated heterocycles. The van der Waals surface area contributed by atoms with Gasteiger partial charge in [0.2, 0.25) is 0 Å². The number of nitrogens with one attached hydrogen (secondary N) is 1. The summed E-state index contributed by atoms with van der Waals surface area (Å²) < 4.78 is 1.80. The highest BCUT2D eigenvalue weighted by Gasteiger charge is 2.24. The van der Waals surface area contributed by atoms with E-state index in [9.17, 15) is 19.7 Å². The van der Waals surface area contributed by atoms with E-state index >= 15 is 0 Å². The number of benzene rings is 3. The number of non-ortho nitro benzene ring substituents is 1. The van der Waals surface area contributed by atoms with Crippen LogP contribution in [0.2, 0.25) is 0 Å². The fourth-order valence-electron chi connectivity index (χ4n) is 5.36. The molecule has 1 aliphatic heterocycles. The number of hydrogen-bond donors (Lipinski definition) is 1. The molecule has 0 aliphatic carbocycles. The van der Waals surface area contributed by atoms with Crippen molar-refractivity contribution in [1.29, 1.82) is 0 Å². The Labute approximate surface area is 219 Å². The Kier molecular flexibility index (Phi) is 7.17. The van der Waals surface area contributed by atoms with Gasteiger partial charge in [-0.25, -0.2) is 5.43 Å². The summed E-state index contributed by atoms with van der Waals surface area (Å²) in [6, 6.07) is 19.5. The van der Waals surface area contributed by atoms with Gasteiger partial charge >= 0.3 is 0 Å². The summed E-state index contributed by atoms with van der Waals surface area (Å²) in [5.74, 6) is -0.378. The highest BCUT2D eigenvalue weighted by molar-refractivity contribution is 5.95. The summed E-state index contributed by atoms with van der Waals surface area (Å²) in [5, 5.41) is 16.7. The number of nitro groups is 1. The second-order valence-electron chi connectivity index (χ2n) is 9.49. The number of nitrogens with zero attached hydrogens (tertiary/aromatic N) is 4. The number of hydrazone groups is 1. The van der Waals surface area contributed by atoms with Gasteiger partial charge in [-0.3, -0.25) is 19.7 Å². The summed E-state index contributed by atoms with van der Waals surface area (Å²) >= 11 is 0. The molecule has 38 heavy (non-hydrogen) atoms. The molecule has 0 bridgehead atoms. The van der Waals surface area contributed by atoms with E-state index in [1.807, 2.05) is 24.3 Å². The number of pyridine rings is 1. The van der Waals surface area contributed by atoms with E-state index in [2.05, 4.69) is 22.4 Å². The maximum atomic E-state index is 13.0. The van der Waals surface area contributed by atoms with Gasteiger partial charge < -0.3 is 9.47 Å². The van der Waals surface area contributed by atoms with Gasteiger partial charge in [0.15, 0.2) is 5.43 Å². The van der Waals surface area contributed by atoms with E-state index < -0.39 is 4.92 Å². The summed E-state index contributed by atoms with van der Waals surface area (Å²) in [6.07, 6.45) is 5.74. The van der Waals surface area contributed by atoms with Crippen LogP contribution in [0.25, 0.3) is 21.8 Å². The molecule has 0 saturated carbocycles. The lowest BCUT2D eigenvalue weighted by Crippen LogP contribution is -2.39. The smallest absolute Gasteiger partial charge is 0.270 e. The standard InChI is InChI=1S/C29H29N5O4/c1-2-21-9-7-8-16-32(21)25-15-14-22(34(37)38)17-20(25)18-30-31-28(35)19-33-26-12-5-3-10-23(26)29(36)24-11-4-6-13-27(24)33/h3-6,10-15,17-18,21H,2,7-9,16,19H2,1H3,(H,31,35)/t21-/m0/s1. The Morgan fingerprint density at radius 3 is 2.42 bits per heavy atom. The van der Waals surface area contributed by atoms with Gasteiger partial charge in [0.25, 0.3) is 11.6 Å². The van der Waals surface area contributed by atoms with Crippen molar-refractivity contribution >= 4 is 45.3 Å². The van der Waals surface area contributed by atoms with Crippen LogP contribution < -0.4 is 15.8 Å². The minimum absolute atomic E-state index is 0.0298. The number of amides is 1. The molecule has 1 atom stereocenters. The van der Waals surface area contributed by atoms with Gasteiger partial charge in [-0.05, 0) is 56.0 Å². The van der Waals surface area contributed by atoms with Crippen molar-refractivity contribution in [2.45, 2.75) is 45.2 Å². The van der Waals surface area contributed by atoms with E-state index in [-0.39, 0.29) is 23.6 Å². The van der Waals surface area contributed by atoms with Crippen molar-refractivity contribution in [1.82, 2.24) is 9.99 Å². The Morgan fingerprint density at radius 1 is 1.08 bits per heavy atom. The highest BCUT2D eigenvalue weighted by Crippen LogP contribution is 2.31. The van der Waals surface area contributed by atoms with Crippen LogP contribution in [0.4, 0.5) is 11.4 Å². The zero-order chi connectivity index (χ0) is 26.6. The van der Waals surface area contributed by atoms with E-state index in [4.69, 9.17) is 0 Å². The Morgan fingerprint density at radius 2 is 1.76 bits per heavy atom. The third kappa shape index (κ3) is 4.87. The van der Waals surface area contributed by atoms with Crippen LogP contribution in [0.15, 0.2) is 76.6 Å². The number of rotatable bonds is 7. The van der Waals surface area contributed by atoms with Crippen LogP contribution in [0.1, 0.15) is 38.2 Å². The summed E-state index contributed by atoms with van der Waals surface area (Å²) in [5.41, 5.74) is 5.24. The number of piperidine rings is 1. The molecule has 9 nitrogen and oxygen atoms in total. The number of para-hydroxylation sites is 2. The highest BCUT2D eigenvalue weighted by atomic mass is 16.6. The molecule has 0 radical (unpaired) electrons. The van der Waals surface area contributed by atoms with Crippen molar-refractivity contribution in [2.75, 3.05) is 11.4 Å². The molecule has 2 heterocycles. The van der Waals surface area contributed by atoms with Crippen LogP contribution in [0, 0.1) is 10.1 Å². The normalized spacial score (nSPS) is 15.8. The van der Waals surface area contributed by atoms with Gasteiger partial charge in [-0.15, -0.1) is 0 Å². The number of anilines is 1. The zero-order valence-electron chi connectivity index (χ0n) is 21.2. The molecule has 5 rings (SSSR count). The SMILES string of the molecule is CC[C@H]1CCCCN1c1ccc([N+](=O)[O-])cc1C=NNC(=O)Cn1c2ccccc2c(=O)c2ccccc21. The molecular weight excluding hydrogens is 482 g/mol. The van der Waals surface area contributed by atoms with Crippen molar-refractivity contribution in [3.8, 4) is 0 Å². The first-order chi connectivity index (χ1) is 18.5. The summed E-state index contributed by atoms with van der Waals surface area (Å²) in [7, 11) is 0. The van der Waals surface area contributed by atoms with Crippen molar-refractivity contribution in [3.05, 3.63) is 92.6 Å². The van der Waals surface area contributed by atoms with Crippen LogP contribution in [-0.4, -0.2) is 34.2 Å². The second kappa shape index (κ2) is 10.8. The average Bonchev–Trinajstić information content (AvgIpc) is 2.95. The minimum Gasteiger partial charge on any atom is -0.368 e. The van der Waals surface area contributed by atoms with Gasteiger partial charge in [0.05, 0.1) is 22.2 Å². The van der Waals surface area contributed by atoms with E-state index in [0.717, 1.165) is 37.9 Å². The van der Waals surface area contributed by atoms with Crippen LogP contribution in [0.3, 0.4) is 0 Å². The lowest BCUT2D eigenvalue weighted by molar-refractivity contribution is -0.384. The number of carbonyl (C=O) groups is 1. The molecule has 0 unspecified atom stereocenters. The fraction of sp³-hybridized carbons (Fsp3) is 0.276. The van der Waals surface area contributed by atoms with E-state index in [0.29, 0.717) is 33.4 Å². The number of nitro benzene ring substituents is 1. The summed E-state index contributed by atoms with van der Waals surface area (Å²) in [6.45, 7) is 2.97. The predicted molar refractivity (Wildman–Crippen MR) is 150 cm³/mol. The number of aromatic nitrogens is 1. The number of carbonyl (C=O) groups excluding carboxylic acids is 1. The van der Waals surface area contributed by atoms with Crippen LogP contribution in [-0.2, 0) is 11.3 Å². The maximum Gasteiger partial charge on any atom is 0.270 e. The van der Waals surface area contributed by atoms with Gasteiger partial charge in [-0.2, -0.15) is 5.10 Å². The molecule has 3 aromatic carbocycles. The van der Waals surface area contributed by atoms with Crippen LogP contribution >= 0.6 is 0 Å². The summed E-state index contributed by atoms with van der Waals surface area (Å²) in [4.78, 5) is 39.2. The zero-order valence-corrected chi connectivity index (χ0v) is 21.2. The largest absolute Gasteiger partial charge is 0.368 e. The van der Waals surface area contributed by atoms with Gasteiger partial charge in [0, 0.05) is 46.7 Å². The first kappa shape index (κ1) is 25.1. The molecule has 1 aromatic heterocycles. The quantitative estimate of drug-likeness (QED) is 0.163. The maximum absolute atomic E-state index is 13.0. The third-order valence-electron chi connectivity index (χ3n) is 7.20. The van der Waals surface area contributed by atoms with E-state index in [1.165, 1.54) is 18.3 Å². The molecule has 1 N–H and O–H groups in total. The number of hydrogen-bond acceptors (Lipinski definition) is 6. The molecule has 1 aliphatic rings. The van der Waals surface area contributed by atoms with Crippen molar-refractivity contribution < 1.29 is 9.72 Å². The topological polar surface area (TPSA) is 110 Å². The number of fused-ring (bicyclic) bond motifs is 2. The molecule has 1 amide bonds. The average molecular weight is 512 g/mol. The third-order valence-corrected chi connectivity index (χ3v) is 7.20.